The minimum Gasteiger partial charge on any atom is -0.497 e. The first-order valence-electron chi connectivity index (χ1n) is 9.32. The molecule has 4 rings (SSSR count). The first-order valence-corrected chi connectivity index (χ1v) is 9.32. The Morgan fingerprint density at radius 2 is 1.86 bits per heavy atom. The Bertz CT molecular complexity index is 945. The summed E-state index contributed by atoms with van der Waals surface area (Å²) in [6.45, 7) is 1.37. The molecule has 0 bridgehead atoms. The second-order valence-electron chi connectivity index (χ2n) is 6.77. The van der Waals surface area contributed by atoms with Crippen molar-refractivity contribution in [2.75, 3.05) is 38.9 Å². The molecule has 2 aromatic rings. The van der Waals surface area contributed by atoms with Crippen LogP contribution in [0, 0.1) is 0 Å². The lowest BCUT2D eigenvalue weighted by molar-refractivity contribution is -0.117. The van der Waals surface area contributed by atoms with Crippen LogP contribution in [0.1, 0.15) is 16.8 Å². The quantitative estimate of drug-likeness (QED) is 0.829. The van der Waals surface area contributed by atoms with Gasteiger partial charge in [-0.15, -0.1) is 0 Å². The molecule has 8 nitrogen and oxygen atoms in total. The maximum Gasteiger partial charge on any atom is 0.255 e. The smallest absolute Gasteiger partial charge is 0.255 e. The molecule has 29 heavy (non-hydrogen) atoms. The summed E-state index contributed by atoms with van der Waals surface area (Å²) in [7, 11) is 3.04. The van der Waals surface area contributed by atoms with E-state index in [0.717, 1.165) is 5.69 Å². The lowest BCUT2D eigenvalue weighted by atomic mass is 10.1. The SMILES string of the molecule is COc1ccc(C(=O)N[C@H]2CC(=O)N(c3ccc4c(c3)OCCO4)C2)c(OC)c1. The Kier molecular flexibility index (Phi) is 5.16. The van der Waals surface area contributed by atoms with E-state index in [1.165, 1.54) is 7.11 Å². The maximum absolute atomic E-state index is 12.7. The van der Waals surface area contributed by atoms with Gasteiger partial charge < -0.3 is 29.2 Å². The number of benzene rings is 2. The van der Waals surface area contributed by atoms with Gasteiger partial charge in [-0.1, -0.05) is 0 Å². The van der Waals surface area contributed by atoms with Crippen LogP contribution in [0.25, 0.3) is 0 Å². The molecule has 2 aromatic carbocycles. The Labute approximate surface area is 168 Å². The summed E-state index contributed by atoms with van der Waals surface area (Å²) in [5.74, 6) is 1.94. The number of nitrogens with one attached hydrogen (secondary N) is 1. The standard InChI is InChI=1S/C21H22N2O6/c1-26-15-4-5-16(18(11-15)27-2)21(25)22-13-9-20(24)23(12-13)14-3-6-17-19(10-14)29-8-7-28-17/h3-6,10-11,13H,7-9,12H2,1-2H3,(H,22,25)/t13-/m0/s1. The number of anilines is 1. The summed E-state index contributed by atoms with van der Waals surface area (Å²) in [5, 5.41) is 2.92. The van der Waals surface area contributed by atoms with Crippen molar-refractivity contribution >= 4 is 17.5 Å². The highest BCUT2D eigenvalue weighted by molar-refractivity contribution is 6.00. The van der Waals surface area contributed by atoms with Gasteiger partial charge in [0.15, 0.2) is 11.5 Å². The Hall–Kier alpha value is -3.42. The van der Waals surface area contributed by atoms with Gasteiger partial charge >= 0.3 is 0 Å². The molecule has 8 heteroatoms. The van der Waals surface area contributed by atoms with E-state index in [2.05, 4.69) is 5.32 Å². The molecule has 1 saturated heterocycles. The normalized spacial score (nSPS) is 17.8. The predicted molar refractivity (Wildman–Crippen MR) is 105 cm³/mol. The number of nitrogens with zero attached hydrogens (tertiary/aromatic N) is 1. The summed E-state index contributed by atoms with van der Waals surface area (Å²) >= 11 is 0. The Morgan fingerprint density at radius 3 is 2.62 bits per heavy atom. The molecule has 2 aliphatic heterocycles. The Balaban J connectivity index is 1.46. The topological polar surface area (TPSA) is 86.3 Å². The summed E-state index contributed by atoms with van der Waals surface area (Å²) in [5.41, 5.74) is 1.11. The van der Waals surface area contributed by atoms with Crippen LogP contribution in [0.2, 0.25) is 0 Å². The average Bonchev–Trinajstić information content (AvgIpc) is 3.12. The average molecular weight is 398 g/mol. The van der Waals surface area contributed by atoms with Crippen LogP contribution in [0.4, 0.5) is 5.69 Å². The van der Waals surface area contributed by atoms with E-state index in [4.69, 9.17) is 18.9 Å². The molecule has 0 spiro atoms. The zero-order chi connectivity index (χ0) is 20.4. The van der Waals surface area contributed by atoms with Gasteiger partial charge in [-0.3, -0.25) is 9.59 Å². The lowest BCUT2D eigenvalue weighted by Gasteiger charge is -2.22. The summed E-state index contributed by atoms with van der Waals surface area (Å²) in [6, 6.07) is 10.1. The second-order valence-corrected chi connectivity index (χ2v) is 6.77. The van der Waals surface area contributed by atoms with E-state index in [-0.39, 0.29) is 24.3 Å². The Morgan fingerprint density at radius 1 is 1.07 bits per heavy atom. The van der Waals surface area contributed by atoms with Crippen LogP contribution in [-0.4, -0.2) is 51.8 Å². The number of methoxy groups -OCH3 is 2. The molecule has 0 unspecified atom stereocenters. The number of carbonyl (C=O) groups excluding carboxylic acids is 2. The fourth-order valence-electron chi connectivity index (χ4n) is 3.50. The maximum atomic E-state index is 12.7. The summed E-state index contributed by atoms with van der Waals surface area (Å²) in [4.78, 5) is 26.9. The van der Waals surface area contributed by atoms with Crippen molar-refractivity contribution in [2.45, 2.75) is 12.5 Å². The minimum atomic E-state index is -0.310. The zero-order valence-corrected chi connectivity index (χ0v) is 16.3. The minimum absolute atomic E-state index is 0.0614. The van der Waals surface area contributed by atoms with Gasteiger partial charge in [0.2, 0.25) is 5.91 Å². The second kappa shape index (κ2) is 7.90. The van der Waals surface area contributed by atoms with Gasteiger partial charge in [-0.25, -0.2) is 0 Å². The van der Waals surface area contributed by atoms with Gasteiger partial charge in [0.25, 0.3) is 5.91 Å². The van der Waals surface area contributed by atoms with Crippen molar-refractivity contribution in [3.8, 4) is 23.0 Å². The molecule has 0 saturated carbocycles. The van der Waals surface area contributed by atoms with Crippen molar-refractivity contribution < 1.29 is 28.5 Å². The molecule has 2 heterocycles. The molecule has 2 amide bonds. The number of rotatable bonds is 5. The van der Waals surface area contributed by atoms with Gasteiger partial charge in [0.05, 0.1) is 25.8 Å². The predicted octanol–water partition coefficient (Wildman–Crippen LogP) is 2.01. The van der Waals surface area contributed by atoms with E-state index in [0.29, 0.717) is 48.3 Å². The lowest BCUT2D eigenvalue weighted by Crippen LogP contribution is -2.37. The molecular formula is C21H22N2O6. The highest BCUT2D eigenvalue weighted by Gasteiger charge is 2.33. The van der Waals surface area contributed by atoms with E-state index in [1.54, 1.807) is 42.3 Å². The van der Waals surface area contributed by atoms with Gasteiger partial charge in [0, 0.05) is 30.8 Å². The number of fused-ring (bicyclic) bond motifs is 1. The number of hydrogen-bond acceptors (Lipinski definition) is 6. The summed E-state index contributed by atoms with van der Waals surface area (Å²) in [6.07, 6.45) is 0.221. The molecule has 152 valence electrons. The number of carbonyl (C=O) groups is 2. The van der Waals surface area contributed by atoms with Crippen molar-refractivity contribution in [1.29, 1.82) is 0 Å². The van der Waals surface area contributed by atoms with Gasteiger partial charge in [-0.05, 0) is 24.3 Å². The van der Waals surface area contributed by atoms with E-state index >= 15 is 0 Å². The third-order valence-electron chi connectivity index (χ3n) is 4.95. The monoisotopic (exact) mass is 398 g/mol. The molecule has 0 radical (unpaired) electrons. The fourth-order valence-corrected chi connectivity index (χ4v) is 3.50. The third kappa shape index (κ3) is 3.78. The van der Waals surface area contributed by atoms with Crippen LogP contribution in [0.15, 0.2) is 36.4 Å². The van der Waals surface area contributed by atoms with E-state index in [1.807, 2.05) is 6.07 Å². The van der Waals surface area contributed by atoms with E-state index < -0.39 is 0 Å². The van der Waals surface area contributed by atoms with Crippen LogP contribution < -0.4 is 29.2 Å². The number of ether oxygens (including phenoxy) is 4. The van der Waals surface area contributed by atoms with Crippen molar-refractivity contribution in [3.05, 3.63) is 42.0 Å². The van der Waals surface area contributed by atoms with Crippen molar-refractivity contribution in [2.24, 2.45) is 0 Å². The van der Waals surface area contributed by atoms with Crippen LogP contribution >= 0.6 is 0 Å². The van der Waals surface area contributed by atoms with Crippen LogP contribution in [-0.2, 0) is 4.79 Å². The van der Waals surface area contributed by atoms with Crippen molar-refractivity contribution in [1.82, 2.24) is 5.32 Å². The van der Waals surface area contributed by atoms with E-state index in [9.17, 15) is 9.59 Å². The third-order valence-corrected chi connectivity index (χ3v) is 4.95. The number of hydrogen-bond donors (Lipinski definition) is 1. The molecule has 0 aromatic heterocycles. The molecule has 2 aliphatic rings. The molecule has 1 fully saturated rings. The fraction of sp³-hybridized carbons (Fsp3) is 0.333. The highest BCUT2D eigenvalue weighted by atomic mass is 16.6. The molecular weight excluding hydrogens is 376 g/mol. The van der Waals surface area contributed by atoms with Crippen LogP contribution in [0.3, 0.4) is 0 Å². The van der Waals surface area contributed by atoms with Crippen LogP contribution in [0.5, 0.6) is 23.0 Å². The van der Waals surface area contributed by atoms with Gasteiger partial charge in [0.1, 0.15) is 24.7 Å². The largest absolute Gasteiger partial charge is 0.497 e. The number of amides is 2. The first kappa shape index (κ1) is 18.9. The summed E-state index contributed by atoms with van der Waals surface area (Å²) < 4.78 is 21.6. The zero-order valence-electron chi connectivity index (χ0n) is 16.3. The molecule has 1 atom stereocenters. The molecule has 0 aliphatic carbocycles. The molecule has 1 N–H and O–H groups in total. The van der Waals surface area contributed by atoms with Gasteiger partial charge in [-0.2, -0.15) is 0 Å². The first-order chi connectivity index (χ1) is 14.1. The van der Waals surface area contributed by atoms with Crippen molar-refractivity contribution in [3.63, 3.8) is 0 Å². The highest BCUT2D eigenvalue weighted by Crippen LogP contribution is 2.35.